The van der Waals surface area contributed by atoms with Gasteiger partial charge in [0.05, 0.1) is 37.2 Å². The van der Waals surface area contributed by atoms with E-state index >= 15 is 0 Å². The van der Waals surface area contributed by atoms with E-state index in [-0.39, 0.29) is 12.2 Å². The van der Waals surface area contributed by atoms with Crippen molar-refractivity contribution in [2.75, 3.05) is 13.2 Å². The zero-order valence-corrected chi connectivity index (χ0v) is 14.1. The van der Waals surface area contributed by atoms with Crippen LogP contribution in [-0.2, 0) is 20.9 Å². The molecule has 0 unspecified atom stereocenters. The van der Waals surface area contributed by atoms with Crippen molar-refractivity contribution in [3.8, 4) is 0 Å². The number of ether oxygens (including phenoxy) is 2. The van der Waals surface area contributed by atoms with Gasteiger partial charge < -0.3 is 14.4 Å². The molecule has 0 N–H and O–H groups in total. The molecule has 0 radical (unpaired) electrons. The summed E-state index contributed by atoms with van der Waals surface area (Å²) in [6, 6.07) is 6.14. The molecular formula is C19H26N2O3. The zero-order chi connectivity index (χ0) is 16.4. The Morgan fingerprint density at radius 1 is 1.25 bits per heavy atom. The molecule has 3 aliphatic rings. The first-order valence-electron chi connectivity index (χ1n) is 9.22. The number of carbonyl (C=O) groups is 1. The second kappa shape index (κ2) is 7.19. The molecule has 2 aliphatic heterocycles. The van der Waals surface area contributed by atoms with Crippen LogP contribution in [-0.4, -0.2) is 47.2 Å². The number of amides is 1. The highest BCUT2D eigenvalue weighted by atomic mass is 16.5. The number of pyridine rings is 1. The van der Waals surface area contributed by atoms with Gasteiger partial charge in [-0.2, -0.15) is 0 Å². The predicted octanol–water partition coefficient (Wildman–Crippen LogP) is 2.55. The van der Waals surface area contributed by atoms with Gasteiger partial charge in [0, 0.05) is 19.2 Å². The third kappa shape index (κ3) is 3.78. The first kappa shape index (κ1) is 16.0. The van der Waals surface area contributed by atoms with Crippen molar-refractivity contribution in [3.05, 3.63) is 30.1 Å². The third-order valence-corrected chi connectivity index (χ3v) is 5.40. The molecule has 0 aromatic carbocycles. The average Bonchev–Trinajstić information content (AvgIpc) is 3.32. The first-order chi connectivity index (χ1) is 11.8. The molecule has 3 heterocycles. The molecule has 4 rings (SSSR count). The Hall–Kier alpha value is -1.46. The predicted molar refractivity (Wildman–Crippen MR) is 89.2 cm³/mol. The molecule has 3 atom stereocenters. The number of nitrogens with zero attached hydrogens (tertiary/aromatic N) is 2. The average molecular weight is 330 g/mol. The number of rotatable bonds is 6. The third-order valence-electron chi connectivity index (χ3n) is 5.40. The Labute approximate surface area is 143 Å². The molecule has 1 aromatic rings. The Bertz CT molecular complexity index is 561. The molecule has 1 saturated carbocycles. The molecule has 1 aliphatic carbocycles. The second-order valence-corrected chi connectivity index (χ2v) is 7.30. The highest BCUT2D eigenvalue weighted by molar-refractivity contribution is 5.77. The van der Waals surface area contributed by atoms with Crippen molar-refractivity contribution in [2.45, 2.75) is 63.4 Å². The van der Waals surface area contributed by atoms with Crippen molar-refractivity contribution in [2.24, 2.45) is 5.92 Å². The lowest BCUT2D eigenvalue weighted by atomic mass is 9.99. The summed E-state index contributed by atoms with van der Waals surface area (Å²) in [4.78, 5) is 18.8. The minimum atomic E-state index is 0.147. The van der Waals surface area contributed by atoms with Crippen molar-refractivity contribution >= 4 is 5.91 Å². The minimum absolute atomic E-state index is 0.147. The van der Waals surface area contributed by atoms with Gasteiger partial charge in [-0.3, -0.25) is 9.78 Å². The van der Waals surface area contributed by atoms with Crippen LogP contribution >= 0.6 is 0 Å². The van der Waals surface area contributed by atoms with Crippen LogP contribution in [0.4, 0.5) is 0 Å². The summed E-state index contributed by atoms with van der Waals surface area (Å²) in [6.07, 6.45) is 8.33. The van der Waals surface area contributed by atoms with E-state index in [1.807, 2.05) is 18.2 Å². The van der Waals surface area contributed by atoms with Gasteiger partial charge in [-0.15, -0.1) is 0 Å². The SMILES string of the molecule is O=C(CC1CC1)N1CC[C@@H]2O[C@H](COCc3ccccn3)CC[C@@H]21. The van der Waals surface area contributed by atoms with Crippen LogP contribution in [0.3, 0.4) is 0 Å². The lowest BCUT2D eigenvalue weighted by Gasteiger charge is -2.36. The molecule has 130 valence electrons. The molecular weight excluding hydrogens is 304 g/mol. The summed E-state index contributed by atoms with van der Waals surface area (Å²) in [5, 5.41) is 0. The van der Waals surface area contributed by atoms with Gasteiger partial charge >= 0.3 is 0 Å². The van der Waals surface area contributed by atoms with Crippen LogP contribution in [0.5, 0.6) is 0 Å². The van der Waals surface area contributed by atoms with E-state index in [0.717, 1.165) is 37.9 Å². The highest BCUT2D eigenvalue weighted by Gasteiger charge is 2.42. The van der Waals surface area contributed by atoms with E-state index in [1.54, 1.807) is 6.20 Å². The molecule has 24 heavy (non-hydrogen) atoms. The lowest BCUT2D eigenvalue weighted by molar-refractivity contribution is -0.139. The summed E-state index contributed by atoms with van der Waals surface area (Å²) in [5.41, 5.74) is 0.948. The molecule has 2 saturated heterocycles. The van der Waals surface area contributed by atoms with Crippen LogP contribution < -0.4 is 0 Å². The van der Waals surface area contributed by atoms with Crippen LogP contribution in [0, 0.1) is 5.92 Å². The van der Waals surface area contributed by atoms with E-state index < -0.39 is 0 Å². The summed E-state index contributed by atoms with van der Waals surface area (Å²) in [5.74, 6) is 1.01. The number of hydrogen-bond donors (Lipinski definition) is 0. The van der Waals surface area contributed by atoms with Gasteiger partial charge in [0.1, 0.15) is 0 Å². The van der Waals surface area contributed by atoms with Crippen molar-refractivity contribution in [3.63, 3.8) is 0 Å². The summed E-state index contributed by atoms with van der Waals surface area (Å²) in [6.45, 7) is 2.00. The first-order valence-corrected chi connectivity index (χ1v) is 9.22. The standard InChI is InChI=1S/C19H26N2O3/c22-19(11-14-4-5-14)21-10-8-18-17(21)7-6-16(24-18)13-23-12-15-3-1-2-9-20-15/h1-3,9,14,16-18H,4-8,10-13H2/t16-,17-,18-/m0/s1. The largest absolute Gasteiger partial charge is 0.372 e. The van der Waals surface area contributed by atoms with Gasteiger partial charge in [-0.05, 0) is 50.2 Å². The van der Waals surface area contributed by atoms with E-state index in [9.17, 15) is 4.79 Å². The summed E-state index contributed by atoms with van der Waals surface area (Å²) >= 11 is 0. The molecule has 3 fully saturated rings. The maximum Gasteiger partial charge on any atom is 0.223 e. The Kier molecular flexibility index (Phi) is 4.81. The molecule has 5 nitrogen and oxygen atoms in total. The normalized spacial score (nSPS) is 29.5. The lowest BCUT2D eigenvalue weighted by Crippen LogP contribution is -2.46. The van der Waals surface area contributed by atoms with Crippen LogP contribution in [0.15, 0.2) is 24.4 Å². The smallest absolute Gasteiger partial charge is 0.223 e. The Morgan fingerprint density at radius 2 is 2.17 bits per heavy atom. The van der Waals surface area contributed by atoms with Gasteiger partial charge in [0.2, 0.25) is 5.91 Å². The maximum atomic E-state index is 12.4. The van der Waals surface area contributed by atoms with Gasteiger partial charge in [-0.1, -0.05) is 6.07 Å². The second-order valence-electron chi connectivity index (χ2n) is 7.30. The molecule has 5 heteroatoms. The quantitative estimate of drug-likeness (QED) is 0.804. The fraction of sp³-hybridized carbons (Fsp3) is 0.684. The molecule has 1 amide bonds. The fourth-order valence-corrected chi connectivity index (χ4v) is 3.89. The summed E-state index contributed by atoms with van der Waals surface area (Å²) in [7, 11) is 0. The van der Waals surface area contributed by atoms with Crippen molar-refractivity contribution < 1.29 is 14.3 Å². The molecule has 0 bridgehead atoms. The molecule has 1 aromatic heterocycles. The van der Waals surface area contributed by atoms with Gasteiger partial charge in [0.15, 0.2) is 0 Å². The van der Waals surface area contributed by atoms with Crippen LogP contribution in [0.1, 0.15) is 44.2 Å². The van der Waals surface area contributed by atoms with Crippen LogP contribution in [0.2, 0.25) is 0 Å². The number of aromatic nitrogens is 1. The Balaban J connectivity index is 1.22. The number of carbonyl (C=O) groups excluding carboxylic acids is 1. The summed E-state index contributed by atoms with van der Waals surface area (Å²) < 4.78 is 12.0. The fourth-order valence-electron chi connectivity index (χ4n) is 3.89. The van der Waals surface area contributed by atoms with E-state index in [0.29, 0.717) is 31.1 Å². The van der Waals surface area contributed by atoms with Crippen LogP contribution in [0.25, 0.3) is 0 Å². The monoisotopic (exact) mass is 330 g/mol. The Morgan fingerprint density at radius 3 is 2.96 bits per heavy atom. The number of hydrogen-bond acceptors (Lipinski definition) is 4. The van der Waals surface area contributed by atoms with Crippen molar-refractivity contribution in [1.82, 2.24) is 9.88 Å². The molecule has 0 spiro atoms. The number of fused-ring (bicyclic) bond motifs is 1. The topological polar surface area (TPSA) is 51.7 Å². The van der Waals surface area contributed by atoms with Crippen molar-refractivity contribution in [1.29, 1.82) is 0 Å². The maximum absolute atomic E-state index is 12.4. The number of likely N-dealkylation sites (tertiary alicyclic amines) is 1. The van der Waals surface area contributed by atoms with E-state index in [4.69, 9.17) is 9.47 Å². The highest BCUT2D eigenvalue weighted by Crippen LogP contribution is 2.36. The van der Waals surface area contributed by atoms with Gasteiger partial charge in [0.25, 0.3) is 0 Å². The van der Waals surface area contributed by atoms with Gasteiger partial charge in [-0.25, -0.2) is 0 Å². The van der Waals surface area contributed by atoms with E-state index in [2.05, 4.69) is 9.88 Å². The minimum Gasteiger partial charge on any atom is -0.372 e. The zero-order valence-electron chi connectivity index (χ0n) is 14.1. The van der Waals surface area contributed by atoms with E-state index in [1.165, 1.54) is 12.8 Å².